The number of pyridine rings is 1. The molecule has 0 fully saturated rings. The van der Waals surface area contributed by atoms with Crippen LogP contribution in [-0.4, -0.2) is 12.1 Å². The SMILES string of the molecule is COc1ccc(Sc2ccnc(C(C)C)c2N)cc1. The van der Waals surface area contributed by atoms with Gasteiger partial charge in [-0.1, -0.05) is 25.6 Å². The van der Waals surface area contributed by atoms with E-state index in [1.54, 1.807) is 18.9 Å². The van der Waals surface area contributed by atoms with Crippen LogP contribution in [0.25, 0.3) is 0 Å². The molecule has 0 atom stereocenters. The van der Waals surface area contributed by atoms with Crippen molar-refractivity contribution in [2.75, 3.05) is 12.8 Å². The predicted octanol–water partition coefficient (Wildman–Crippen LogP) is 3.95. The largest absolute Gasteiger partial charge is 0.497 e. The van der Waals surface area contributed by atoms with Gasteiger partial charge in [-0.25, -0.2) is 0 Å². The van der Waals surface area contributed by atoms with Crippen molar-refractivity contribution in [3.05, 3.63) is 42.2 Å². The van der Waals surface area contributed by atoms with E-state index in [4.69, 9.17) is 10.5 Å². The fourth-order valence-corrected chi connectivity index (χ4v) is 2.66. The molecule has 0 aliphatic heterocycles. The number of hydrogen-bond acceptors (Lipinski definition) is 4. The maximum absolute atomic E-state index is 6.18. The second-order valence-electron chi connectivity index (χ2n) is 4.54. The fraction of sp³-hybridized carbons (Fsp3) is 0.267. The topological polar surface area (TPSA) is 48.1 Å². The van der Waals surface area contributed by atoms with Crippen molar-refractivity contribution in [2.24, 2.45) is 0 Å². The molecule has 2 N–H and O–H groups in total. The lowest BCUT2D eigenvalue weighted by molar-refractivity contribution is 0.414. The summed E-state index contributed by atoms with van der Waals surface area (Å²) < 4.78 is 5.15. The third-order valence-corrected chi connectivity index (χ3v) is 3.90. The molecule has 1 heterocycles. The molecule has 0 saturated heterocycles. The summed E-state index contributed by atoms with van der Waals surface area (Å²) in [7, 11) is 1.66. The zero-order valence-corrected chi connectivity index (χ0v) is 12.2. The van der Waals surface area contributed by atoms with Crippen LogP contribution < -0.4 is 10.5 Å². The zero-order chi connectivity index (χ0) is 13.8. The number of nitrogen functional groups attached to an aromatic ring is 1. The Labute approximate surface area is 118 Å². The van der Waals surface area contributed by atoms with E-state index < -0.39 is 0 Å². The third-order valence-electron chi connectivity index (χ3n) is 2.82. The highest BCUT2D eigenvalue weighted by molar-refractivity contribution is 7.99. The van der Waals surface area contributed by atoms with Crippen LogP contribution in [0.15, 0.2) is 46.3 Å². The first-order chi connectivity index (χ1) is 9.11. The van der Waals surface area contributed by atoms with Crippen LogP contribution in [0.3, 0.4) is 0 Å². The fourth-order valence-electron chi connectivity index (χ4n) is 1.79. The summed E-state index contributed by atoms with van der Waals surface area (Å²) in [4.78, 5) is 6.53. The molecule has 0 aliphatic rings. The van der Waals surface area contributed by atoms with Crippen LogP contribution in [0, 0.1) is 0 Å². The number of benzene rings is 1. The molecular weight excluding hydrogens is 256 g/mol. The van der Waals surface area contributed by atoms with Gasteiger partial charge < -0.3 is 10.5 Å². The third kappa shape index (κ3) is 3.20. The summed E-state index contributed by atoms with van der Waals surface area (Å²) in [5, 5.41) is 0. The van der Waals surface area contributed by atoms with Gasteiger partial charge in [-0.15, -0.1) is 0 Å². The summed E-state index contributed by atoms with van der Waals surface area (Å²) in [5.74, 6) is 1.19. The normalized spacial score (nSPS) is 10.7. The Kier molecular flexibility index (Phi) is 4.32. The average Bonchev–Trinajstić information content (AvgIpc) is 2.41. The summed E-state index contributed by atoms with van der Waals surface area (Å²) in [6, 6.07) is 9.90. The minimum atomic E-state index is 0.330. The lowest BCUT2D eigenvalue weighted by Gasteiger charge is -2.12. The highest BCUT2D eigenvalue weighted by atomic mass is 32.2. The van der Waals surface area contributed by atoms with E-state index in [0.29, 0.717) is 5.92 Å². The first-order valence-electron chi connectivity index (χ1n) is 6.18. The number of aromatic nitrogens is 1. The standard InChI is InChI=1S/C15H18N2OS/c1-10(2)15-14(16)13(8-9-17-15)19-12-6-4-11(18-3)5-7-12/h4-10H,16H2,1-3H3. The van der Waals surface area contributed by atoms with Crippen LogP contribution in [0.2, 0.25) is 0 Å². The Bertz CT molecular complexity index is 553. The van der Waals surface area contributed by atoms with Crippen LogP contribution in [-0.2, 0) is 0 Å². The Morgan fingerprint density at radius 2 is 1.84 bits per heavy atom. The van der Waals surface area contributed by atoms with Crippen LogP contribution in [0.4, 0.5) is 5.69 Å². The molecule has 0 aliphatic carbocycles. The van der Waals surface area contributed by atoms with Gasteiger partial charge in [0.15, 0.2) is 0 Å². The number of anilines is 1. The molecule has 100 valence electrons. The highest BCUT2D eigenvalue weighted by Gasteiger charge is 2.10. The summed E-state index contributed by atoms with van der Waals surface area (Å²) in [6.45, 7) is 4.20. The maximum Gasteiger partial charge on any atom is 0.118 e. The first-order valence-corrected chi connectivity index (χ1v) is 6.99. The van der Waals surface area contributed by atoms with Gasteiger partial charge in [-0.3, -0.25) is 4.98 Å². The monoisotopic (exact) mass is 274 g/mol. The maximum atomic E-state index is 6.18. The van der Waals surface area contributed by atoms with E-state index in [1.807, 2.05) is 36.5 Å². The second kappa shape index (κ2) is 5.97. The summed E-state index contributed by atoms with van der Waals surface area (Å²) >= 11 is 1.64. The molecule has 1 aromatic heterocycles. The van der Waals surface area contributed by atoms with Crippen molar-refractivity contribution in [1.82, 2.24) is 4.98 Å². The summed E-state index contributed by atoms with van der Waals surface area (Å²) in [6.07, 6.45) is 1.82. The molecule has 0 radical (unpaired) electrons. The Morgan fingerprint density at radius 1 is 1.16 bits per heavy atom. The van der Waals surface area contributed by atoms with Gasteiger partial charge in [-0.05, 0) is 36.2 Å². The molecule has 19 heavy (non-hydrogen) atoms. The van der Waals surface area contributed by atoms with E-state index in [9.17, 15) is 0 Å². The number of hydrogen-bond donors (Lipinski definition) is 1. The molecular formula is C15H18N2OS. The van der Waals surface area contributed by atoms with Crippen molar-refractivity contribution in [1.29, 1.82) is 0 Å². The quantitative estimate of drug-likeness (QED) is 0.917. The van der Waals surface area contributed by atoms with E-state index in [-0.39, 0.29) is 0 Å². The van der Waals surface area contributed by atoms with E-state index in [0.717, 1.165) is 26.9 Å². The van der Waals surface area contributed by atoms with Crippen molar-refractivity contribution in [3.63, 3.8) is 0 Å². The molecule has 2 rings (SSSR count). The van der Waals surface area contributed by atoms with Crippen LogP contribution in [0.5, 0.6) is 5.75 Å². The van der Waals surface area contributed by atoms with E-state index >= 15 is 0 Å². The Morgan fingerprint density at radius 3 is 2.42 bits per heavy atom. The van der Waals surface area contributed by atoms with Crippen molar-refractivity contribution in [3.8, 4) is 5.75 Å². The number of nitrogens with zero attached hydrogens (tertiary/aromatic N) is 1. The zero-order valence-electron chi connectivity index (χ0n) is 11.4. The molecule has 0 spiro atoms. The molecule has 0 saturated carbocycles. The Balaban J connectivity index is 2.25. The number of methoxy groups -OCH3 is 1. The second-order valence-corrected chi connectivity index (χ2v) is 5.66. The predicted molar refractivity (Wildman–Crippen MR) is 79.9 cm³/mol. The van der Waals surface area contributed by atoms with Crippen LogP contribution >= 0.6 is 11.8 Å². The highest BCUT2D eigenvalue weighted by Crippen LogP contribution is 2.35. The average molecular weight is 274 g/mol. The first kappa shape index (κ1) is 13.7. The molecule has 2 aromatic rings. The molecule has 0 bridgehead atoms. The molecule has 1 aromatic carbocycles. The molecule has 0 amide bonds. The molecule has 3 nitrogen and oxygen atoms in total. The number of ether oxygens (including phenoxy) is 1. The van der Waals surface area contributed by atoms with E-state index in [2.05, 4.69) is 18.8 Å². The Hall–Kier alpha value is -1.68. The number of nitrogens with two attached hydrogens (primary N) is 1. The summed E-state index contributed by atoms with van der Waals surface area (Å²) in [5.41, 5.74) is 7.91. The molecule has 0 unspecified atom stereocenters. The number of rotatable bonds is 4. The van der Waals surface area contributed by atoms with E-state index in [1.165, 1.54) is 0 Å². The van der Waals surface area contributed by atoms with Gasteiger partial charge in [0.25, 0.3) is 0 Å². The minimum Gasteiger partial charge on any atom is -0.497 e. The van der Waals surface area contributed by atoms with Crippen LogP contribution in [0.1, 0.15) is 25.5 Å². The van der Waals surface area contributed by atoms with Gasteiger partial charge >= 0.3 is 0 Å². The molecule has 4 heteroatoms. The van der Waals surface area contributed by atoms with Crippen molar-refractivity contribution < 1.29 is 4.74 Å². The van der Waals surface area contributed by atoms with Gasteiger partial charge in [0.05, 0.1) is 18.5 Å². The van der Waals surface area contributed by atoms with Crippen molar-refractivity contribution >= 4 is 17.4 Å². The van der Waals surface area contributed by atoms with Gasteiger partial charge in [0.2, 0.25) is 0 Å². The van der Waals surface area contributed by atoms with Gasteiger partial charge in [0.1, 0.15) is 5.75 Å². The lowest BCUT2D eigenvalue weighted by atomic mass is 10.1. The smallest absolute Gasteiger partial charge is 0.118 e. The minimum absolute atomic E-state index is 0.330. The van der Waals surface area contributed by atoms with Gasteiger partial charge in [-0.2, -0.15) is 0 Å². The van der Waals surface area contributed by atoms with Gasteiger partial charge in [0, 0.05) is 16.0 Å². The van der Waals surface area contributed by atoms with Crippen molar-refractivity contribution in [2.45, 2.75) is 29.6 Å². The lowest BCUT2D eigenvalue weighted by Crippen LogP contribution is -2.01.